The Morgan fingerprint density at radius 3 is 2.34 bits per heavy atom. The van der Waals surface area contributed by atoms with Gasteiger partial charge in [0.2, 0.25) is 0 Å². The number of alkyl carbamates (subject to hydrolysis) is 1. The molecule has 0 bridgehead atoms. The number of aromatic nitrogens is 1. The van der Waals surface area contributed by atoms with Gasteiger partial charge in [0.05, 0.1) is 20.8 Å². The molecule has 0 saturated heterocycles. The van der Waals surface area contributed by atoms with Gasteiger partial charge in [-0.2, -0.15) is 13.5 Å². The molecule has 1 saturated carbocycles. The van der Waals surface area contributed by atoms with Crippen LogP contribution >= 0.6 is 23.2 Å². The molecule has 9 nitrogen and oxygen atoms in total. The normalized spacial score (nSPS) is 13.4. The summed E-state index contributed by atoms with van der Waals surface area (Å²) in [5.41, 5.74) is 1.48. The molecule has 1 aromatic heterocycles. The maximum atomic E-state index is 13.0. The molecule has 1 aliphatic rings. The highest BCUT2D eigenvalue weighted by atomic mass is 35.5. The summed E-state index contributed by atoms with van der Waals surface area (Å²) in [6.07, 6.45) is 2.42. The van der Waals surface area contributed by atoms with E-state index in [1.807, 2.05) is 0 Å². The largest absolute Gasteiger partial charge is 0.619 e. The molecule has 1 heterocycles. The number of hydrogen-bond donors (Lipinski definition) is 1. The number of benzene rings is 2. The van der Waals surface area contributed by atoms with Crippen molar-refractivity contribution in [1.82, 2.24) is 5.32 Å². The molecule has 0 spiro atoms. The summed E-state index contributed by atoms with van der Waals surface area (Å²) in [7, 11) is 3.02. The maximum absolute atomic E-state index is 13.0. The fourth-order valence-electron chi connectivity index (χ4n) is 4.00. The fraction of sp³-hybridized carbons (Fsp3) is 0.357. The third-order valence-corrected chi connectivity index (χ3v) is 6.96. The maximum Gasteiger partial charge on any atom is 0.408 e. The first-order valence-corrected chi connectivity index (χ1v) is 13.4. The zero-order valence-corrected chi connectivity index (χ0v) is 23.7. The molecule has 1 fully saturated rings. The quantitative estimate of drug-likeness (QED) is 0.180. The number of amides is 1. The summed E-state index contributed by atoms with van der Waals surface area (Å²) in [6, 6.07) is 9.45. The van der Waals surface area contributed by atoms with Gasteiger partial charge in [-0.15, -0.1) is 0 Å². The predicted molar refractivity (Wildman–Crippen MR) is 146 cm³/mol. The number of carbonyl (C=O) groups is 1. The number of methoxy groups -OCH3 is 2. The van der Waals surface area contributed by atoms with Crippen LogP contribution in [-0.2, 0) is 17.7 Å². The molecule has 1 amide bonds. The summed E-state index contributed by atoms with van der Waals surface area (Å²) in [5, 5.41) is 14.6. The second-order valence-corrected chi connectivity index (χ2v) is 10.1. The Morgan fingerprint density at radius 1 is 1.02 bits per heavy atom. The van der Waals surface area contributed by atoms with Crippen molar-refractivity contribution in [2.45, 2.75) is 38.5 Å². The highest BCUT2D eigenvalue weighted by Crippen LogP contribution is 2.38. The van der Waals surface area contributed by atoms with Gasteiger partial charge in [-0.1, -0.05) is 35.3 Å². The molecule has 3 aromatic rings. The van der Waals surface area contributed by atoms with Crippen molar-refractivity contribution in [3.63, 3.8) is 0 Å². The van der Waals surface area contributed by atoms with Crippen LogP contribution in [-0.4, -0.2) is 33.5 Å². The van der Waals surface area contributed by atoms with Crippen LogP contribution in [0.5, 0.6) is 23.0 Å². The van der Waals surface area contributed by atoms with Crippen LogP contribution in [0.4, 0.5) is 13.6 Å². The number of nitrogens with zero attached hydrogens (tertiary/aromatic N) is 1. The zero-order chi connectivity index (χ0) is 29.5. The number of rotatable bonds is 13. The number of alkyl halides is 2. The summed E-state index contributed by atoms with van der Waals surface area (Å²) in [6.45, 7) is -2.62. The van der Waals surface area contributed by atoms with Gasteiger partial charge in [0.25, 0.3) is 0 Å². The summed E-state index contributed by atoms with van der Waals surface area (Å²) in [5.74, 6) is 1.30. The van der Waals surface area contributed by atoms with Gasteiger partial charge in [-0.25, -0.2) is 4.79 Å². The molecular formula is C28H28Cl2F2N2O7. The summed E-state index contributed by atoms with van der Waals surface area (Å²) >= 11 is 12.6. The van der Waals surface area contributed by atoms with E-state index in [1.54, 1.807) is 18.2 Å². The molecule has 1 unspecified atom stereocenters. The van der Waals surface area contributed by atoms with Crippen LogP contribution < -0.4 is 29.0 Å². The molecule has 4 rings (SSSR count). The van der Waals surface area contributed by atoms with Gasteiger partial charge < -0.3 is 34.2 Å². The molecule has 1 N–H and O–H groups in total. The van der Waals surface area contributed by atoms with Crippen LogP contribution in [0.15, 0.2) is 48.8 Å². The molecule has 13 heteroatoms. The molecule has 0 aliphatic heterocycles. The monoisotopic (exact) mass is 612 g/mol. The van der Waals surface area contributed by atoms with E-state index >= 15 is 0 Å². The average Bonchev–Trinajstić information content (AvgIpc) is 3.76. The Balaban J connectivity index is 1.58. The first kappa shape index (κ1) is 30.3. The number of pyridine rings is 1. The average molecular weight is 613 g/mol. The van der Waals surface area contributed by atoms with E-state index in [-0.39, 0.29) is 34.5 Å². The zero-order valence-electron chi connectivity index (χ0n) is 22.2. The van der Waals surface area contributed by atoms with E-state index in [1.165, 1.54) is 32.4 Å². The van der Waals surface area contributed by atoms with E-state index in [2.05, 4.69) is 10.1 Å². The van der Waals surface area contributed by atoms with E-state index in [4.69, 9.17) is 42.1 Å². The smallest absolute Gasteiger partial charge is 0.408 e. The molecule has 2 aromatic carbocycles. The first-order chi connectivity index (χ1) is 19.7. The summed E-state index contributed by atoms with van der Waals surface area (Å²) in [4.78, 5) is 12.9. The molecule has 220 valence electrons. The molecule has 0 radical (unpaired) electrons. The van der Waals surface area contributed by atoms with Crippen LogP contribution in [0.25, 0.3) is 0 Å². The van der Waals surface area contributed by atoms with Crippen molar-refractivity contribution in [3.8, 4) is 23.0 Å². The predicted octanol–water partition coefficient (Wildman–Crippen LogP) is 6.24. The number of carbonyl (C=O) groups excluding carboxylic acids is 1. The van der Waals surface area contributed by atoms with E-state index in [9.17, 15) is 18.8 Å². The summed E-state index contributed by atoms with van der Waals surface area (Å²) < 4.78 is 53.2. The third kappa shape index (κ3) is 8.40. The van der Waals surface area contributed by atoms with Crippen LogP contribution in [0.3, 0.4) is 0 Å². The van der Waals surface area contributed by atoms with Crippen molar-refractivity contribution in [2.24, 2.45) is 5.92 Å². The number of nitrogens with one attached hydrogen (secondary N) is 1. The van der Waals surface area contributed by atoms with Crippen LogP contribution in [0.1, 0.15) is 35.6 Å². The van der Waals surface area contributed by atoms with Crippen molar-refractivity contribution in [2.75, 3.05) is 20.8 Å². The second-order valence-electron chi connectivity index (χ2n) is 9.27. The van der Waals surface area contributed by atoms with Gasteiger partial charge in [0.1, 0.15) is 16.1 Å². The fourth-order valence-corrected chi connectivity index (χ4v) is 4.60. The Kier molecular flexibility index (Phi) is 10.2. The van der Waals surface area contributed by atoms with Gasteiger partial charge in [-0.3, -0.25) is 0 Å². The van der Waals surface area contributed by atoms with Gasteiger partial charge in [0, 0.05) is 18.5 Å². The standard InChI is InChI=1S/C28H28Cl2F2N2O7/c1-37-22-7-5-17(9-25(22)38-2)12-33-28(35)41-24(11-19-20(29)13-34(36)14-21(19)30)18-6-8-23(40-27(31)32)26(10-18)39-15-16-3-4-16/h5-10,13-14,16,24,27H,3-4,11-12,15H2,1-2H3,(H,33,35). The SMILES string of the molecule is COc1ccc(CNC(=O)OC(Cc2c(Cl)c[n+]([O-])cc2Cl)c2ccc(OC(F)F)c(OCC3CC3)c2)cc1OC. The van der Waals surface area contributed by atoms with Crippen molar-refractivity contribution >= 4 is 29.3 Å². The second kappa shape index (κ2) is 13.8. The Hall–Kier alpha value is -3.70. The number of ether oxygens (including phenoxy) is 5. The van der Waals surface area contributed by atoms with E-state index in [0.717, 1.165) is 30.8 Å². The Morgan fingerprint density at radius 2 is 1.71 bits per heavy atom. The third-order valence-electron chi connectivity index (χ3n) is 6.31. The lowest BCUT2D eigenvalue weighted by Crippen LogP contribution is -2.28. The van der Waals surface area contributed by atoms with Gasteiger partial charge in [0.15, 0.2) is 35.4 Å². The number of hydrogen-bond acceptors (Lipinski definition) is 7. The van der Waals surface area contributed by atoms with Gasteiger partial charge >= 0.3 is 12.7 Å². The van der Waals surface area contributed by atoms with Crippen molar-refractivity contribution < 1.29 is 42.0 Å². The molecule has 41 heavy (non-hydrogen) atoms. The van der Waals surface area contributed by atoms with E-state index < -0.39 is 18.8 Å². The Bertz CT molecular complexity index is 1350. The molecule has 1 atom stereocenters. The Labute approximate surface area is 245 Å². The lowest BCUT2D eigenvalue weighted by molar-refractivity contribution is -0.605. The highest BCUT2D eigenvalue weighted by molar-refractivity contribution is 6.35. The number of halogens is 4. The van der Waals surface area contributed by atoms with E-state index in [0.29, 0.717) is 39.9 Å². The molecule has 1 aliphatic carbocycles. The molecular weight excluding hydrogens is 585 g/mol. The van der Waals surface area contributed by atoms with Crippen LogP contribution in [0, 0.1) is 11.1 Å². The minimum absolute atomic E-state index is 0.0284. The van der Waals surface area contributed by atoms with Crippen molar-refractivity contribution in [3.05, 3.63) is 80.7 Å². The topological polar surface area (TPSA) is 102 Å². The van der Waals surface area contributed by atoms with Crippen molar-refractivity contribution in [1.29, 1.82) is 0 Å². The first-order valence-electron chi connectivity index (χ1n) is 12.6. The minimum Gasteiger partial charge on any atom is -0.619 e. The minimum atomic E-state index is -3.06. The van der Waals surface area contributed by atoms with Gasteiger partial charge in [-0.05, 0) is 54.2 Å². The lowest BCUT2D eigenvalue weighted by Gasteiger charge is -2.21. The highest BCUT2D eigenvalue weighted by Gasteiger charge is 2.26. The van der Waals surface area contributed by atoms with Crippen LogP contribution in [0.2, 0.25) is 10.0 Å². The lowest BCUT2D eigenvalue weighted by atomic mass is 10.0.